The Morgan fingerprint density at radius 2 is 2.00 bits per heavy atom. The smallest absolute Gasteiger partial charge is 0.143 e. The lowest BCUT2D eigenvalue weighted by molar-refractivity contribution is 0.414. The van der Waals surface area contributed by atoms with Crippen molar-refractivity contribution < 1.29 is 4.74 Å². The van der Waals surface area contributed by atoms with Gasteiger partial charge in [0.15, 0.2) is 0 Å². The van der Waals surface area contributed by atoms with Gasteiger partial charge in [-0.2, -0.15) is 0 Å². The zero-order valence-electron chi connectivity index (χ0n) is 10.7. The van der Waals surface area contributed by atoms with Gasteiger partial charge in [0.25, 0.3) is 0 Å². The standard InChI is InChI=1S/C14H14BrClN2O/c1-9(10-3-5-12(19-2)6-4-10)18-11-7-13(15)14(16)17-8-11/h3-9,18H,1-2H3. The Bertz CT molecular complexity index is 560. The van der Waals surface area contributed by atoms with E-state index in [-0.39, 0.29) is 6.04 Å². The zero-order chi connectivity index (χ0) is 13.8. The van der Waals surface area contributed by atoms with E-state index in [1.54, 1.807) is 13.3 Å². The van der Waals surface area contributed by atoms with Gasteiger partial charge < -0.3 is 10.1 Å². The van der Waals surface area contributed by atoms with E-state index in [4.69, 9.17) is 16.3 Å². The molecule has 0 aliphatic carbocycles. The topological polar surface area (TPSA) is 34.1 Å². The molecule has 5 heteroatoms. The van der Waals surface area contributed by atoms with E-state index in [2.05, 4.69) is 33.2 Å². The first-order valence-electron chi connectivity index (χ1n) is 5.81. The number of aromatic nitrogens is 1. The van der Waals surface area contributed by atoms with Crippen molar-refractivity contribution >= 4 is 33.2 Å². The van der Waals surface area contributed by atoms with E-state index in [9.17, 15) is 0 Å². The van der Waals surface area contributed by atoms with E-state index in [1.165, 1.54) is 5.56 Å². The Balaban J connectivity index is 2.10. The van der Waals surface area contributed by atoms with Crippen LogP contribution in [0.3, 0.4) is 0 Å². The van der Waals surface area contributed by atoms with Crippen molar-refractivity contribution in [3.8, 4) is 5.75 Å². The van der Waals surface area contributed by atoms with Crippen LogP contribution in [-0.4, -0.2) is 12.1 Å². The largest absolute Gasteiger partial charge is 0.497 e. The number of hydrogen-bond donors (Lipinski definition) is 1. The summed E-state index contributed by atoms with van der Waals surface area (Å²) < 4.78 is 5.92. The first kappa shape index (κ1) is 14.2. The number of pyridine rings is 1. The Kier molecular flexibility index (Phi) is 4.66. The molecule has 2 rings (SSSR count). The molecule has 1 unspecified atom stereocenters. The van der Waals surface area contributed by atoms with E-state index >= 15 is 0 Å². The van der Waals surface area contributed by atoms with Crippen LogP contribution in [0.15, 0.2) is 41.0 Å². The van der Waals surface area contributed by atoms with E-state index < -0.39 is 0 Å². The van der Waals surface area contributed by atoms with Crippen molar-refractivity contribution in [1.29, 1.82) is 0 Å². The highest BCUT2D eigenvalue weighted by Gasteiger charge is 2.07. The van der Waals surface area contributed by atoms with Crippen molar-refractivity contribution in [1.82, 2.24) is 4.98 Å². The highest BCUT2D eigenvalue weighted by molar-refractivity contribution is 9.10. The van der Waals surface area contributed by atoms with Gasteiger partial charge in [0, 0.05) is 6.04 Å². The molecule has 1 heterocycles. The van der Waals surface area contributed by atoms with Crippen LogP contribution in [0.5, 0.6) is 5.75 Å². The fraction of sp³-hybridized carbons (Fsp3) is 0.214. The molecule has 0 bridgehead atoms. The molecule has 0 saturated carbocycles. The molecule has 0 spiro atoms. The van der Waals surface area contributed by atoms with Gasteiger partial charge in [0.05, 0.1) is 23.5 Å². The van der Waals surface area contributed by atoms with Crippen LogP contribution in [-0.2, 0) is 0 Å². The predicted octanol–water partition coefficient (Wildman–Crippen LogP) is 4.68. The van der Waals surface area contributed by atoms with Crippen LogP contribution < -0.4 is 10.1 Å². The highest BCUT2D eigenvalue weighted by Crippen LogP contribution is 2.26. The predicted molar refractivity (Wildman–Crippen MR) is 82.0 cm³/mol. The van der Waals surface area contributed by atoms with Crippen LogP contribution in [0.2, 0.25) is 5.15 Å². The second kappa shape index (κ2) is 6.26. The Morgan fingerprint density at radius 1 is 1.32 bits per heavy atom. The third kappa shape index (κ3) is 3.61. The van der Waals surface area contributed by atoms with Gasteiger partial charge in [-0.15, -0.1) is 0 Å². The Hall–Kier alpha value is -1.26. The summed E-state index contributed by atoms with van der Waals surface area (Å²) >= 11 is 9.23. The van der Waals surface area contributed by atoms with Crippen LogP contribution in [0.1, 0.15) is 18.5 Å². The van der Waals surface area contributed by atoms with Gasteiger partial charge in [-0.3, -0.25) is 0 Å². The second-order valence-corrected chi connectivity index (χ2v) is 5.35. The molecular formula is C14H14BrClN2O. The fourth-order valence-electron chi connectivity index (χ4n) is 1.73. The molecule has 3 nitrogen and oxygen atoms in total. The maximum atomic E-state index is 5.87. The number of methoxy groups -OCH3 is 1. The van der Waals surface area contributed by atoms with Crippen LogP contribution >= 0.6 is 27.5 Å². The van der Waals surface area contributed by atoms with E-state index in [0.717, 1.165) is 15.9 Å². The summed E-state index contributed by atoms with van der Waals surface area (Å²) in [7, 11) is 1.66. The average molecular weight is 342 g/mol. The molecule has 1 atom stereocenters. The molecule has 1 aromatic carbocycles. The number of anilines is 1. The molecule has 0 aliphatic rings. The first-order valence-corrected chi connectivity index (χ1v) is 6.99. The van der Waals surface area contributed by atoms with Gasteiger partial charge in [0.1, 0.15) is 10.9 Å². The molecule has 19 heavy (non-hydrogen) atoms. The summed E-state index contributed by atoms with van der Waals surface area (Å²) in [6.45, 7) is 2.09. The molecule has 1 N–H and O–H groups in total. The highest BCUT2D eigenvalue weighted by atomic mass is 79.9. The first-order chi connectivity index (χ1) is 9.10. The SMILES string of the molecule is COc1ccc(C(C)Nc2cnc(Cl)c(Br)c2)cc1. The average Bonchev–Trinajstić information content (AvgIpc) is 2.43. The molecule has 2 aromatic rings. The fourth-order valence-corrected chi connectivity index (χ4v) is 2.18. The monoisotopic (exact) mass is 340 g/mol. The number of benzene rings is 1. The lowest BCUT2D eigenvalue weighted by Crippen LogP contribution is -2.06. The Labute approximate surface area is 126 Å². The van der Waals surface area contributed by atoms with Crippen molar-refractivity contribution in [2.45, 2.75) is 13.0 Å². The third-order valence-electron chi connectivity index (χ3n) is 2.80. The van der Waals surface area contributed by atoms with Crippen LogP contribution in [0, 0.1) is 0 Å². The molecular weight excluding hydrogens is 328 g/mol. The van der Waals surface area contributed by atoms with Crippen LogP contribution in [0.25, 0.3) is 0 Å². The summed E-state index contributed by atoms with van der Waals surface area (Å²) in [5, 5.41) is 3.83. The number of halogens is 2. The third-order valence-corrected chi connectivity index (χ3v) is 3.93. The second-order valence-electron chi connectivity index (χ2n) is 4.14. The number of nitrogens with one attached hydrogen (secondary N) is 1. The number of hydrogen-bond acceptors (Lipinski definition) is 3. The van der Waals surface area contributed by atoms with Crippen molar-refractivity contribution in [2.24, 2.45) is 0 Å². The van der Waals surface area contributed by atoms with Crippen molar-refractivity contribution in [3.63, 3.8) is 0 Å². The van der Waals surface area contributed by atoms with Crippen LogP contribution in [0.4, 0.5) is 5.69 Å². The van der Waals surface area contributed by atoms with E-state index in [0.29, 0.717) is 5.15 Å². The summed E-state index contributed by atoms with van der Waals surface area (Å²) in [5.41, 5.74) is 2.09. The normalized spacial score (nSPS) is 12.0. The van der Waals surface area contributed by atoms with Crippen molar-refractivity contribution in [2.75, 3.05) is 12.4 Å². The van der Waals surface area contributed by atoms with Gasteiger partial charge in [0.2, 0.25) is 0 Å². The molecule has 100 valence electrons. The summed E-state index contributed by atoms with van der Waals surface area (Å²) in [6.07, 6.45) is 1.72. The summed E-state index contributed by atoms with van der Waals surface area (Å²) in [5.74, 6) is 0.854. The lowest BCUT2D eigenvalue weighted by Gasteiger charge is -2.16. The number of nitrogens with zero attached hydrogens (tertiary/aromatic N) is 1. The molecule has 0 fully saturated rings. The molecule has 1 aromatic heterocycles. The number of rotatable bonds is 4. The molecule has 0 amide bonds. The summed E-state index contributed by atoms with van der Waals surface area (Å²) in [4.78, 5) is 4.09. The zero-order valence-corrected chi connectivity index (χ0v) is 13.0. The molecule has 0 aliphatic heterocycles. The quantitative estimate of drug-likeness (QED) is 0.820. The maximum Gasteiger partial charge on any atom is 0.143 e. The minimum Gasteiger partial charge on any atom is -0.497 e. The maximum absolute atomic E-state index is 5.87. The molecule has 0 radical (unpaired) electrons. The molecule has 0 saturated heterocycles. The van der Waals surface area contributed by atoms with Gasteiger partial charge >= 0.3 is 0 Å². The van der Waals surface area contributed by atoms with Crippen molar-refractivity contribution in [3.05, 3.63) is 51.7 Å². The lowest BCUT2D eigenvalue weighted by atomic mass is 10.1. The number of ether oxygens (including phenoxy) is 1. The van der Waals surface area contributed by atoms with E-state index in [1.807, 2.05) is 30.3 Å². The minimum atomic E-state index is 0.167. The Morgan fingerprint density at radius 3 is 2.58 bits per heavy atom. The van der Waals surface area contributed by atoms with Gasteiger partial charge in [-0.1, -0.05) is 23.7 Å². The van der Waals surface area contributed by atoms with Gasteiger partial charge in [-0.05, 0) is 46.6 Å². The van der Waals surface area contributed by atoms with Gasteiger partial charge in [-0.25, -0.2) is 4.98 Å². The summed E-state index contributed by atoms with van der Waals surface area (Å²) in [6, 6.07) is 10.0. The minimum absolute atomic E-state index is 0.167.